The number of pyridine rings is 1. The zero-order chi connectivity index (χ0) is 19.6. The summed E-state index contributed by atoms with van der Waals surface area (Å²) in [5.74, 6) is 1.91. The van der Waals surface area contributed by atoms with E-state index in [4.69, 9.17) is 0 Å². The van der Waals surface area contributed by atoms with Gasteiger partial charge in [0.25, 0.3) is 0 Å². The maximum Gasteiger partial charge on any atom is 0.323 e. The SMILES string of the molecule is O=C(Nc1ccc2c(c1)N(c1ccccn1)CCS2)Nc1c[nH]c2ccccc12. The second-order valence-corrected chi connectivity index (χ2v) is 7.83. The van der Waals surface area contributed by atoms with Gasteiger partial charge in [-0.25, -0.2) is 9.78 Å². The third-order valence-electron chi connectivity index (χ3n) is 4.84. The van der Waals surface area contributed by atoms with E-state index in [0.717, 1.165) is 46.1 Å². The molecule has 0 saturated carbocycles. The predicted octanol–water partition coefficient (Wildman–Crippen LogP) is 5.45. The largest absolute Gasteiger partial charge is 0.359 e. The summed E-state index contributed by atoms with van der Waals surface area (Å²) in [6, 6.07) is 19.5. The summed E-state index contributed by atoms with van der Waals surface area (Å²) in [4.78, 5) is 23.6. The smallest absolute Gasteiger partial charge is 0.323 e. The molecule has 7 heteroatoms. The number of amides is 2. The van der Waals surface area contributed by atoms with E-state index in [1.165, 1.54) is 4.90 Å². The fourth-order valence-electron chi connectivity index (χ4n) is 3.51. The van der Waals surface area contributed by atoms with Gasteiger partial charge in [0.2, 0.25) is 0 Å². The molecule has 5 rings (SSSR count). The Bertz CT molecular complexity index is 1170. The lowest BCUT2D eigenvalue weighted by atomic mass is 10.2. The average Bonchev–Trinajstić information content (AvgIpc) is 3.16. The molecule has 2 amide bonds. The van der Waals surface area contributed by atoms with Crippen molar-refractivity contribution in [1.29, 1.82) is 0 Å². The van der Waals surface area contributed by atoms with E-state index in [-0.39, 0.29) is 6.03 Å². The van der Waals surface area contributed by atoms with Crippen LogP contribution in [0.15, 0.2) is 78.0 Å². The van der Waals surface area contributed by atoms with Gasteiger partial charge in [-0.05, 0) is 36.4 Å². The molecule has 0 spiro atoms. The molecule has 2 aromatic heterocycles. The number of anilines is 4. The summed E-state index contributed by atoms with van der Waals surface area (Å²) in [6.45, 7) is 0.875. The second kappa shape index (κ2) is 7.52. The second-order valence-electron chi connectivity index (χ2n) is 6.70. The number of urea groups is 1. The lowest BCUT2D eigenvalue weighted by Crippen LogP contribution is -2.25. The fourth-order valence-corrected chi connectivity index (χ4v) is 4.48. The highest BCUT2D eigenvalue weighted by Crippen LogP contribution is 2.39. The number of benzene rings is 2. The van der Waals surface area contributed by atoms with Crippen molar-refractivity contribution >= 4 is 51.6 Å². The van der Waals surface area contributed by atoms with Gasteiger partial charge in [-0.2, -0.15) is 0 Å². The highest BCUT2D eigenvalue weighted by Gasteiger charge is 2.20. The Labute approximate surface area is 172 Å². The van der Waals surface area contributed by atoms with Gasteiger partial charge in [-0.15, -0.1) is 11.8 Å². The van der Waals surface area contributed by atoms with Crippen molar-refractivity contribution in [2.75, 3.05) is 27.8 Å². The van der Waals surface area contributed by atoms with E-state index < -0.39 is 0 Å². The molecule has 3 heterocycles. The molecular weight excluding hydrogens is 382 g/mol. The van der Waals surface area contributed by atoms with Crippen LogP contribution in [0.5, 0.6) is 0 Å². The molecule has 0 bridgehead atoms. The summed E-state index contributed by atoms with van der Waals surface area (Å²) in [5.41, 5.74) is 3.54. The van der Waals surface area contributed by atoms with E-state index >= 15 is 0 Å². The van der Waals surface area contributed by atoms with Crippen molar-refractivity contribution in [3.8, 4) is 0 Å². The summed E-state index contributed by atoms with van der Waals surface area (Å²) in [5, 5.41) is 6.85. The molecule has 4 aromatic rings. The first-order chi connectivity index (χ1) is 14.3. The molecule has 6 nitrogen and oxygen atoms in total. The molecule has 1 aliphatic heterocycles. The Morgan fingerprint density at radius 3 is 2.86 bits per heavy atom. The fraction of sp³-hybridized carbons (Fsp3) is 0.0909. The number of fused-ring (bicyclic) bond motifs is 2. The van der Waals surface area contributed by atoms with Gasteiger partial charge < -0.3 is 20.5 Å². The van der Waals surface area contributed by atoms with Crippen LogP contribution in [0.25, 0.3) is 10.9 Å². The van der Waals surface area contributed by atoms with Crippen molar-refractivity contribution < 1.29 is 4.79 Å². The van der Waals surface area contributed by atoms with E-state index in [0.29, 0.717) is 0 Å². The molecule has 0 aliphatic carbocycles. The van der Waals surface area contributed by atoms with Gasteiger partial charge in [0.05, 0.1) is 11.4 Å². The van der Waals surface area contributed by atoms with Gasteiger partial charge >= 0.3 is 6.03 Å². The molecule has 0 radical (unpaired) electrons. The molecule has 144 valence electrons. The molecule has 0 saturated heterocycles. The number of rotatable bonds is 3. The van der Waals surface area contributed by atoms with Crippen molar-refractivity contribution in [1.82, 2.24) is 9.97 Å². The van der Waals surface area contributed by atoms with Gasteiger partial charge in [0, 0.05) is 46.2 Å². The quantitative estimate of drug-likeness (QED) is 0.427. The monoisotopic (exact) mass is 401 g/mol. The Kier molecular flexibility index (Phi) is 4.57. The van der Waals surface area contributed by atoms with Gasteiger partial charge in [0.15, 0.2) is 0 Å². The standard InChI is InChI=1S/C22H19N5OS/c28-22(26-18-14-24-17-6-2-1-5-16(17)18)25-15-8-9-20-19(13-15)27(11-12-29-20)21-7-3-4-10-23-21/h1-10,13-14,24H,11-12H2,(H2,25,26,28). The average molecular weight is 401 g/mol. The molecule has 3 N–H and O–H groups in total. The molecule has 0 atom stereocenters. The Balaban J connectivity index is 1.37. The first kappa shape index (κ1) is 17.6. The number of para-hydroxylation sites is 1. The maximum atomic E-state index is 12.6. The van der Waals surface area contributed by atoms with E-state index in [1.54, 1.807) is 12.4 Å². The predicted molar refractivity (Wildman–Crippen MR) is 119 cm³/mol. The Morgan fingerprint density at radius 2 is 1.97 bits per heavy atom. The molecule has 0 unspecified atom stereocenters. The molecular formula is C22H19N5OS. The van der Waals surface area contributed by atoms with Crippen LogP contribution in [-0.2, 0) is 0 Å². The topological polar surface area (TPSA) is 73.1 Å². The number of nitrogens with zero attached hydrogens (tertiary/aromatic N) is 2. The lowest BCUT2D eigenvalue weighted by Gasteiger charge is -2.30. The van der Waals surface area contributed by atoms with Gasteiger partial charge in [-0.1, -0.05) is 24.3 Å². The van der Waals surface area contributed by atoms with Crippen LogP contribution in [0.1, 0.15) is 0 Å². The van der Waals surface area contributed by atoms with Crippen molar-refractivity contribution in [2.45, 2.75) is 4.90 Å². The molecule has 0 fully saturated rings. The van der Waals surface area contributed by atoms with Crippen LogP contribution in [0.2, 0.25) is 0 Å². The summed E-state index contributed by atoms with van der Waals surface area (Å²) < 4.78 is 0. The Hall–Kier alpha value is -3.45. The normalized spacial score (nSPS) is 13.2. The first-order valence-electron chi connectivity index (χ1n) is 9.37. The first-order valence-corrected chi connectivity index (χ1v) is 10.4. The number of H-pyrrole nitrogens is 1. The maximum absolute atomic E-state index is 12.6. The van der Waals surface area contributed by atoms with Crippen LogP contribution < -0.4 is 15.5 Å². The van der Waals surface area contributed by atoms with Gasteiger partial charge in [-0.3, -0.25) is 0 Å². The zero-order valence-electron chi connectivity index (χ0n) is 15.6. The zero-order valence-corrected chi connectivity index (χ0v) is 16.4. The number of carbonyl (C=O) groups excluding carboxylic acids is 1. The summed E-state index contributed by atoms with van der Waals surface area (Å²) in [7, 11) is 0. The highest BCUT2D eigenvalue weighted by atomic mass is 32.2. The van der Waals surface area contributed by atoms with Gasteiger partial charge in [0.1, 0.15) is 5.82 Å². The number of hydrogen-bond donors (Lipinski definition) is 3. The van der Waals surface area contributed by atoms with Crippen molar-refractivity contribution in [3.05, 3.63) is 73.1 Å². The number of aromatic nitrogens is 2. The number of nitrogens with one attached hydrogen (secondary N) is 3. The van der Waals surface area contributed by atoms with Crippen molar-refractivity contribution in [2.24, 2.45) is 0 Å². The van der Waals surface area contributed by atoms with Crippen LogP contribution in [-0.4, -0.2) is 28.3 Å². The van der Waals surface area contributed by atoms with Crippen LogP contribution in [0.3, 0.4) is 0 Å². The van der Waals surface area contributed by atoms with Crippen LogP contribution in [0.4, 0.5) is 27.7 Å². The highest BCUT2D eigenvalue weighted by molar-refractivity contribution is 7.99. The molecule has 1 aliphatic rings. The third-order valence-corrected chi connectivity index (χ3v) is 5.89. The number of thioether (sulfide) groups is 1. The number of aromatic amines is 1. The molecule has 2 aromatic carbocycles. The third kappa shape index (κ3) is 3.52. The number of hydrogen-bond acceptors (Lipinski definition) is 4. The van der Waals surface area contributed by atoms with E-state index in [1.807, 2.05) is 66.4 Å². The van der Waals surface area contributed by atoms with Crippen molar-refractivity contribution in [3.63, 3.8) is 0 Å². The summed E-state index contributed by atoms with van der Waals surface area (Å²) >= 11 is 1.82. The molecule has 29 heavy (non-hydrogen) atoms. The van der Waals surface area contributed by atoms with E-state index in [9.17, 15) is 4.79 Å². The van der Waals surface area contributed by atoms with Crippen LogP contribution >= 0.6 is 11.8 Å². The minimum absolute atomic E-state index is 0.275. The van der Waals surface area contributed by atoms with Crippen LogP contribution in [0, 0.1) is 0 Å². The Morgan fingerprint density at radius 1 is 1.07 bits per heavy atom. The lowest BCUT2D eigenvalue weighted by molar-refractivity contribution is 0.262. The minimum atomic E-state index is -0.275. The number of carbonyl (C=O) groups is 1. The van der Waals surface area contributed by atoms with E-state index in [2.05, 4.69) is 31.6 Å². The minimum Gasteiger partial charge on any atom is -0.359 e. The summed E-state index contributed by atoms with van der Waals surface area (Å²) in [6.07, 6.45) is 3.60.